The number of fused-ring (bicyclic) bond motifs is 8. The summed E-state index contributed by atoms with van der Waals surface area (Å²) in [7, 11) is 0. The third-order valence-corrected chi connectivity index (χ3v) is 10.1. The summed E-state index contributed by atoms with van der Waals surface area (Å²) in [5, 5.41) is 19.4. The van der Waals surface area contributed by atoms with Gasteiger partial charge in [0.2, 0.25) is 0 Å². The van der Waals surface area contributed by atoms with Gasteiger partial charge in [0.25, 0.3) is 12.9 Å². The molecule has 0 saturated carbocycles. The summed E-state index contributed by atoms with van der Waals surface area (Å²) in [6, 6.07) is 34.5. The van der Waals surface area contributed by atoms with Gasteiger partial charge in [-0.1, -0.05) is 72.8 Å². The van der Waals surface area contributed by atoms with Gasteiger partial charge in [0.1, 0.15) is 11.5 Å². The molecule has 2 aliphatic rings. The Bertz CT molecular complexity index is 2910. The molecule has 0 radical (unpaired) electrons. The molecule has 290 valence electrons. The molecule has 0 unspecified atom stereocenters. The van der Waals surface area contributed by atoms with E-state index >= 15 is 0 Å². The number of nitrogens with zero attached hydrogens (tertiary/aromatic N) is 4. The smallest absolute Gasteiger partial charge is 0.657 e. The average Bonchev–Trinajstić information content (AvgIpc) is 4.11. The number of carboxylic acid groups (broad SMARTS) is 2. The van der Waals surface area contributed by atoms with E-state index < -0.39 is 11.9 Å². The molecule has 2 aliphatic heterocycles. The van der Waals surface area contributed by atoms with Crippen LogP contribution in [0, 0.1) is 0 Å². The molecule has 0 saturated heterocycles. The zero-order valence-electron chi connectivity index (χ0n) is 31.9. The Morgan fingerprint density at radius 3 is 0.934 bits per heavy atom. The Kier molecular flexibility index (Phi) is 10.9. The number of carbonyl (C=O) groups is 4. The van der Waals surface area contributed by atoms with Gasteiger partial charge in [0.05, 0.1) is 33.9 Å². The molecule has 0 spiro atoms. The number of aromatic nitrogens is 4. The molecule has 7 aromatic rings. The fourth-order valence-electron chi connectivity index (χ4n) is 7.34. The third-order valence-electron chi connectivity index (χ3n) is 10.1. The summed E-state index contributed by atoms with van der Waals surface area (Å²) in [4.78, 5) is 66.6. The van der Waals surface area contributed by atoms with Crippen LogP contribution in [0.2, 0.25) is 0 Å². The minimum atomic E-state index is -1.06. The Morgan fingerprint density at radius 2 is 0.689 bits per heavy atom. The van der Waals surface area contributed by atoms with Crippen LogP contribution in [0.4, 0.5) is 0 Å². The van der Waals surface area contributed by atoms with E-state index in [1.807, 2.05) is 72.8 Å². The maximum atomic E-state index is 11.8. The molecule has 2 N–H and O–H groups in total. The summed E-state index contributed by atoms with van der Waals surface area (Å²) < 4.78 is 10.2. The first-order valence-corrected chi connectivity index (χ1v) is 18.4. The molecular formula is C48H28N4O8Zn. The van der Waals surface area contributed by atoms with E-state index in [2.05, 4.69) is 0 Å². The fraction of sp³-hybridized carbons (Fsp3) is 0. The summed E-state index contributed by atoms with van der Waals surface area (Å²) in [5.74, 6) is -1.40. The largest absolute Gasteiger partial charge is 2.00 e. The number of carboxylic acids is 2. The number of ether oxygens (including phenoxy) is 2. The van der Waals surface area contributed by atoms with E-state index in [-0.39, 0.29) is 30.6 Å². The van der Waals surface area contributed by atoms with E-state index in [0.29, 0.717) is 103 Å². The molecule has 3 aromatic heterocycles. The molecule has 0 amide bonds. The molecule has 5 heterocycles. The number of hydrogen-bond acceptors (Lipinski definition) is 8. The number of rotatable bonds is 10. The maximum absolute atomic E-state index is 11.8. The SMILES string of the molecule is O=COc1ccc(-c2c3nc(c(-c4ccc(OC=O)cc4)c4ccc([n-]4)c(-c4ccc(C(=O)O)cc4)c4nc(c(-c5ccc(C(=O)O)cc5)c5ccc2[n-]5)C=C4)C=C3)cc1.[Zn+2]. The van der Waals surface area contributed by atoms with Gasteiger partial charge in [-0.3, -0.25) is 9.59 Å². The summed E-state index contributed by atoms with van der Waals surface area (Å²) in [5.41, 5.74) is 10.2. The normalized spacial score (nSPS) is 11.4. The van der Waals surface area contributed by atoms with E-state index in [1.165, 1.54) is 24.3 Å². The van der Waals surface area contributed by atoms with Crippen molar-refractivity contribution < 1.29 is 58.3 Å². The van der Waals surface area contributed by atoms with Gasteiger partial charge in [0, 0.05) is 0 Å². The molecule has 61 heavy (non-hydrogen) atoms. The first-order valence-electron chi connectivity index (χ1n) is 18.4. The second-order valence-electron chi connectivity index (χ2n) is 13.6. The second kappa shape index (κ2) is 16.7. The standard InChI is InChI=1S/C48H30N4O8.Zn/c53-25-59-33-13-9-29(10-14-33)45-39-21-19-37(50-39)43(27-1-5-31(6-2-27)47(55)56)35-17-18-36(49-35)44(28-3-7-32(8-4-28)48(57)58)38-20-22-40(51-38)46(42-24-23-41(45)52-42)30-11-15-34(16-12-30)60-26-54;/h1-26H,(H4,49,50,51,52,55,56,57,58);/q;+2/p-2. The Labute approximate surface area is 359 Å². The topological polar surface area (TPSA) is 181 Å². The Balaban J connectivity index is 0.00000514. The van der Waals surface area contributed by atoms with Crippen molar-refractivity contribution in [3.8, 4) is 56.0 Å². The van der Waals surface area contributed by atoms with Crippen molar-refractivity contribution in [2.45, 2.75) is 0 Å². The van der Waals surface area contributed by atoms with Crippen molar-refractivity contribution in [2.75, 3.05) is 0 Å². The van der Waals surface area contributed by atoms with Crippen LogP contribution in [0.5, 0.6) is 11.5 Å². The maximum Gasteiger partial charge on any atom is 2.00 e. The van der Waals surface area contributed by atoms with Crippen LogP contribution in [0.1, 0.15) is 43.5 Å². The van der Waals surface area contributed by atoms with Crippen LogP contribution in [-0.4, -0.2) is 45.1 Å². The van der Waals surface area contributed by atoms with E-state index in [9.17, 15) is 29.4 Å². The summed E-state index contributed by atoms with van der Waals surface area (Å²) >= 11 is 0. The first kappa shape index (κ1) is 39.8. The number of carbonyl (C=O) groups excluding carboxylic acids is 2. The number of hydrogen-bond donors (Lipinski definition) is 2. The Hall–Kier alpha value is -8.02. The fourth-order valence-corrected chi connectivity index (χ4v) is 7.34. The zero-order chi connectivity index (χ0) is 41.3. The Morgan fingerprint density at radius 1 is 0.426 bits per heavy atom. The van der Waals surface area contributed by atoms with Crippen LogP contribution >= 0.6 is 0 Å². The molecule has 0 atom stereocenters. The molecule has 9 rings (SSSR count). The summed E-state index contributed by atoms with van der Waals surface area (Å²) in [6.07, 6.45) is 7.50. The predicted molar refractivity (Wildman–Crippen MR) is 226 cm³/mol. The monoisotopic (exact) mass is 852 g/mol. The van der Waals surface area contributed by atoms with Gasteiger partial charge < -0.3 is 29.7 Å². The van der Waals surface area contributed by atoms with E-state index in [4.69, 9.17) is 29.4 Å². The van der Waals surface area contributed by atoms with Crippen LogP contribution in [0.25, 0.3) is 90.9 Å². The predicted octanol–water partition coefficient (Wildman–Crippen LogP) is 9.05. The molecule has 13 heteroatoms. The van der Waals surface area contributed by atoms with Gasteiger partial charge in [-0.2, -0.15) is 0 Å². The zero-order valence-corrected chi connectivity index (χ0v) is 34.8. The third kappa shape index (κ3) is 7.69. The number of aromatic carboxylic acids is 2. The molecule has 8 bridgehead atoms. The van der Waals surface area contributed by atoms with Gasteiger partial charge in [-0.15, -0.1) is 22.1 Å². The molecule has 0 fully saturated rings. The van der Waals surface area contributed by atoms with E-state index in [0.717, 1.165) is 11.1 Å². The van der Waals surface area contributed by atoms with Gasteiger partial charge in [0.15, 0.2) is 0 Å². The van der Waals surface area contributed by atoms with Gasteiger partial charge in [-0.05, 0) is 117 Å². The molecule has 0 aliphatic carbocycles. The second-order valence-corrected chi connectivity index (χ2v) is 13.6. The van der Waals surface area contributed by atoms with Crippen molar-refractivity contribution >= 4 is 71.3 Å². The number of benzene rings is 4. The minimum Gasteiger partial charge on any atom is -0.657 e. The van der Waals surface area contributed by atoms with Crippen molar-refractivity contribution in [3.63, 3.8) is 0 Å². The van der Waals surface area contributed by atoms with Crippen molar-refractivity contribution in [3.05, 3.63) is 155 Å². The van der Waals surface area contributed by atoms with Crippen LogP contribution in [-0.2, 0) is 29.1 Å². The average molecular weight is 854 g/mol. The molecule has 12 nitrogen and oxygen atoms in total. The van der Waals surface area contributed by atoms with Crippen molar-refractivity contribution in [1.29, 1.82) is 0 Å². The van der Waals surface area contributed by atoms with Crippen molar-refractivity contribution in [2.24, 2.45) is 0 Å². The van der Waals surface area contributed by atoms with Crippen LogP contribution in [0.3, 0.4) is 0 Å². The molecule has 4 aromatic carbocycles. The minimum absolute atomic E-state index is 0. The van der Waals surface area contributed by atoms with Gasteiger partial charge >= 0.3 is 31.4 Å². The van der Waals surface area contributed by atoms with Crippen LogP contribution < -0.4 is 19.4 Å². The first-order chi connectivity index (χ1) is 29.3. The summed E-state index contributed by atoms with van der Waals surface area (Å²) in [6.45, 7) is 0.726. The quantitative estimate of drug-likeness (QED) is 0.0986. The van der Waals surface area contributed by atoms with Gasteiger partial charge in [-0.25, -0.2) is 19.6 Å². The van der Waals surface area contributed by atoms with Crippen LogP contribution in [0.15, 0.2) is 121 Å². The van der Waals surface area contributed by atoms with E-state index in [1.54, 1.807) is 48.5 Å². The van der Waals surface area contributed by atoms with Crippen molar-refractivity contribution in [1.82, 2.24) is 19.9 Å². The molecular weight excluding hydrogens is 826 g/mol.